The van der Waals surface area contributed by atoms with Gasteiger partial charge in [0.15, 0.2) is 0 Å². The normalized spacial score (nSPS) is 20.9. The molecule has 12 heteroatoms. The number of amides is 3. The summed E-state index contributed by atoms with van der Waals surface area (Å²) in [5, 5.41) is 21.9. The number of β-lactam (4-membered cyclic amide) rings is 1. The van der Waals surface area contributed by atoms with Crippen LogP contribution >= 0.6 is 23.5 Å². The number of nitrogens with one attached hydrogen (secondary N) is 3. The molecule has 2 aromatic rings. The number of urea groups is 1. The molecule has 0 saturated carbocycles. The largest absolute Gasteiger partial charge is 0.477 e. The second-order valence-corrected chi connectivity index (χ2v) is 9.76. The van der Waals surface area contributed by atoms with Gasteiger partial charge in [-0.25, -0.2) is 14.6 Å². The van der Waals surface area contributed by atoms with Crippen molar-refractivity contribution in [1.82, 2.24) is 30.7 Å². The molecule has 0 bridgehead atoms. The lowest BCUT2D eigenvalue weighted by Gasteiger charge is -2.49. The predicted octanol–water partition coefficient (Wildman–Crippen LogP) is 1.72. The van der Waals surface area contributed by atoms with Crippen LogP contribution in [0, 0.1) is 6.92 Å². The van der Waals surface area contributed by atoms with Gasteiger partial charge in [0.2, 0.25) is 5.16 Å². The number of thioether (sulfide) groups is 2. The van der Waals surface area contributed by atoms with E-state index in [9.17, 15) is 19.5 Å². The highest BCUT2D eigenvalue weighted by Crippen LogP contribution is 2.43. The summed E-state index contributed by atoms with van der Waals surface area (Å²) < 4.78 is 0. The molecular formula is C20H22N6O4S2. The number of carboxylic acid groups (broad SMARTS) is 1. The van der Waals surface area contributed by atoms with E-state index in [1.54, 1.807) is 6.92 Å². The Morgan fingerprint density at radius 2 is 2.12 bits per heavy atom. The average Bonchev–Trinajstić information content (AvgIpc) is 3.19. The number of rotatable bonds is 7. The molecule has 168 valence electrons. The van der Waals surface area contributed by atoms with Gasteiger partial charge in [0, 0.05) is 17.5 Å². The fourth-order valence-corrected chi connectivity index (χ4v) is 6.05. The lowest BCUT2D eigenvalue weighted by atomic mass is 10.0. The maximum absolute atomic E-state index is 12.8. The van der Waals surface area contributed by atoms with Crippen LogP contribution in [0.3, 0.4) is 0 Å². The molecule has 1 saturated heterocycles. The molecule has 2 aliphatic heterocycles. The standard InChI is InChI=1S/C20H22N6O4S2/c1-10(32-20-22-11(2)24-25-20)13-9-31-17-14(16(27)26(17)15(13)18(28)29)23-19(30)21-8-12-6-4-3-5-7-12/h3-7,10,14,17H,8-9H2,1-2H3,(H,28,29)(H2,21,23,30)(H,22,24,25)/t10?,14?,17-/m0/s1. The molecular weight excluding hydrogens is 452 g/mol. The van der Waals surface area contributed by atoms with Crippen molar-refractivity contribution in [3.63, 3.8) is 0 Å². The van der Waals surface area contributed by atoms with E-state index in [-0.39, 0.29) is 10.9 Å². The van der Waals surface area contributed by atoms with Crippen molar-refractivity contribution < 1.29 is 19.5 Å². The number of aliphatic carboxylic acids is 1. The number of aromatic amines is 1. The van der Waals surface area contributed by atoms with Gasteiger partial charge in [-0.2, -0.15) is 0 Å². The fraction of sp³-hybridized carbons (Fsp3) is 0.350. The number of H-pyrrole nitrogens is 1. The van der Waals surface area contributed by atoms with Gasteiger partial charge in [0.25, 0.3) is 5.91 Å². The SMILES string of the molecule is Cc1nc(SC(C)C2=C(C(=O)O)N3C(=O)C(NC(=O)NCc4ccccc4)[C@@H]3SC2)n[nH]1. The Morgan fingerprint density at radius 1 is 1.38 bits per heavy atom. The van der Waals surface area contributed by atoms with E-state index in [1.807, 2.05) is 37.3 Å². The first-order valence-corrected chi connectivity index (χ1v) is 11.8. The molecule has 10 nitrogen and oxygen atoms in total. The molecule has 2 aliphatic rings. The van der Waals surface area contributed by atoms with Crippen LogP contribution in [0.5, 0.6) is 0 Å². The summed E-state index contributed by atoms with van der Waals surface area (Å²) >= 11 is 2.76. The molecule has 1 fully saturated rings. The van der Waals surface area contributed by atoms with Gasteiger partial charge in [-0.05, 0) is 25.0 Å². The first kappa shape index (κ1) is 22.2. The summed E-state index contributed by atoms with van der Waals surface area (Å²) in [5.74, 6) is -0.498. The highest BCUT2D eigenvalue weighted by molar-refractivity contribution is 8.01. The minimum atomic E-state index is -1.16. The van der Waals surface area contributed by atoms with E-state index >= 15 is 0 Å². The van der Waals surface area contributed by atoms with Crippen LogP contribution in [0.4, 0.5) is 4.79 Å². The smallest absolute Gasteiger partial charge is 0.352 e. The summed E-state index contributed by atoms with van der Waals surface area (Å²) in [5.41, 5.74) is 1.55. The van der Waals surface area contributed by atoms with Crippen LogP contribution < -0.4 is 10.6 Å². The third-order valence-electron chi connectivity index (χ3n) is 5.13. The van der Waals surface area contributed by atoms with Crippen molar-refractivity contribution in [2.75, 3.05) is 5.75 Å². The van der Waals surface area contributed by atoms with Crippen LogP contribution in [0.1, 0.15) is 18.3 Å². The van der Waals surface area contributed by atoms with Crippen LogP contribution in [0.25, 0.3) is 0 Å². The third-order valence-corrected chi connectivity index (χ3v) is 7.47. The number of hydrogen-bond acceptors (Lipinski definition) is 7. The number of aryl methyl sites for hydroxylation is 1. The topological polar surface area (TPSA) is 140 Å². The molecule has 0 radical (unpaired) electrons. The Labute approximate surface area is 192 Å². The van der Waals surface area contributed by atoms with Crippen molar-refractivity contribution in [2.24, 2.45) is 0 Å². The van der Waals surface area contributed by atoms with E-state index in [4.69, 9.17) is 0 Å². The van der Waals surface area contributed by atoms with Crippen molar-refractivity contribution in [1.29, 1.82) is 0 Å². The second-order valence-electron chi connectivity index (χ2n) is 7.34. The van der Waals surface area contributed by atoms with Gasteiger partial charge < -0.3 is 15.7 Å². The van der Waals surface area contributed by atoms with Crippen LogP contribution in [-0.4, -0.2) is 65.5 Å². The Balaban J connectivity index is 1.42. The average molecular weight is 475 g/mol. The number of fused-ring (bicyclic) bond motifs is 1. The number of benzene rings is 1. The van der Waals surface area contributed by atoms with E-state index in [0.717, 1.165) is 5.56 Å². The molecule has 32 heavy (non-hydrogen) atoms. The maximum Gasteiger partial charge on any atom is 0.352 e. The van der Waals surface area contributed by atoms with E-state index in [2.05, 4.69) is 25.8 Å². The molecule has 0 spiro atoms. The number of aromatic nitrogens is 3. The zero-order valence-electron chi connectivity index (χ0n) is 17.4. The second kappa shape index (κ2) is 9.25. The van der Waals surface area contributed by atoms with Gasteiger partial charge in [-0.3, -0.25) is 14.8 Å². The minimum Gasteiger partial charge on any atom is -0.477 e. The van der Waals surface area contributed by atoms with Crippen LogP contribution in [0.2, 0.25) is 0 Å². The van der Waals surface area contributed by atoms with E-state index in [0.29, 0.717) is 28.9 Å². The minimum absolute atomic E-state index is 0.0197. The number of hydrogen-bond donors (Lipinski definition) is 4. The molecule has 3 amide bonds. The molecule has 4 rings (SSSR count). The third kappa shape index (κ3) is 4.46. The van der Waals surface area contributed by atoms with Crippen LogP contribution in [-0.2, 0) is 16.1 Å². The number of carboxylic acids is 1. The molecule has 3 heterocycles. The molecule has 1 aromatic carbocycles. The van der Waals surface area contributed by atoms with Crippen molar-refractivity contribution in [2.45, 2.75) is 42.2 Å². The van der Waals surface area contributed by atoms with Crippen LogP contribution in [0.15, 0.2) is 46.8 Å². The number of carbonyl (C=O) groups excluding carboxylic acids is 2. The molecule has 1 aromatic heterocycles. The molecule has 4 N–H and O–H groups in total. The van der Waals surface area contributed by atoms with Gasteiger partial charge in [0.1, 0.15) is 22.9 Å². The zero-order valence-corrected chi connectivity index (χ0v) is 19.0. The van der Waals surface area contributed by atoms with Crippen molar-refractivity contribution in [3.05, 3.63) is 53.0 Å². The number of carbonyl (C=O) groups is 3. The van der Waals surface area contributed by atoms with Crippen molar-refractivity contribution >= 4 is 41.4 Å². The highest BCUT2D eigenvalue weighted by Gasteiger charge is 2.54. The zero-order chi connectivity index (χ0) is 22.8. The summed E-state index contributed by atoms with van der Waals surface area (Å²) in [6.45, 7) is 3.98. The summed E-state index contributed by atoms with van der Waals surface area (Å²) in [6, 6.07) is 8.17. The van der Waals surface area contributed by atoms with Gasteiger partial charge >= 0.3 is 12.0 Å². The molecule has 0 aliphatic carbocycles. The summed E-state index contributed by atoms with van der Waals surface area (Å²) in [4.78, 5) is 42.6. The van der Waals surface area contributed by atoms with E-state index in [1.165, 1.54) is 28.4 Å². The van der Waals surface area contributed by atoms with Crippen molar-refractivity contribution in [3.8, 4) is 0 Å². The van der Waals surface area contributed by atoms with Gasteiger partial charge in [-0.15, -0.1) is 16.9 Å². The lowest BCUT2D eigenvalue weighted by molar-refractivity contribution is -0.148. The molecule has 2 unspecified atom stereocenters. The summed E-state index contributed by atoms with van der Waals surface area (Å²) in [6.07, 6.45) is 0. The summed E-state index contributed by atoms with van der Waals surface area (Å²) in [7, 11) is 0. The lowest BCUT2D eigenvalue weighted by Crippen LogP contribution is -2.71. The Kier molecular flexibility index (Phi) is 6.42. The Bertz CT molecular complexity index is 1070. The Hall–Kier alpha value is -2.99. The highest BCUT2D eigenvalue weighted by atomic mass is 32.2. The maximum atomic E-state index is 12.8. The fourth-order valence-electron chi connectivity index (χ4n) is 3.53. The van der Waals surface area contributed by atoms with Gasteiger partial charge in [-0.1, -0.05) is 42.1 Å². The van der Waals surface area contributed by atoms with Gasteiger partial charge in [0.05, 0.1) is 0 Å². The quantitative estimate of drug-likeness (QED) is 0.351. The van der Waals surface area contributed by atoms with E-state index < -0.39 is 29.3 Å². The first-order chi connectivity index (χ1) is 15.3. The monoisotopic (exact) mass is 474 g/mol. The number of nitrogens with zero attached hydrogens (tertiary/aromatic N) is 3. The Morgan fingerprint density at radius 3 is 2.78 bits per heavy atom. The first-order valence-electron chi connectivity index (χ1n) is 9.90. The predicted molar refractivity (Wildman–Crippen MR) is 120 cm³/mol. The molecule has 3 atom stereocenters.